The maximum Gasteiger partial charge on any atom is 0.338 e. The van der Waals surface area contributed by atoms with Gasteiger partial charge in [-0.15, -0.1) is 0 Å². The fourth-order valence-electron chi connectivity index (χ4n) is 5.02. The Hall–Kier alpha value is -1.92. The number of carbonyl (C=O) groups excluding carboxylic acids is 2. The van der Waals surface area contributed by atoms with Crippen molar-refractivity contribution in [2.24, 2.45) is 0 Å². The van der Waals surface area contributed by atoms with Gasteiger partial charge in [0, 0.05) is 12.8 Å². The molecule has 0 saturated carbocycles. The van der Waals surface area contributed by atoms with Crippen molar-refractivity contribution in [1.82, 2.24) is 0 Å². The first kappa shape index (κ1) is 31.3. The van der Waals surface area contributed by atoms with Crippen molar-refractivity contribution in [3.8, 4) is 0 Å². The first-order valence-electron chi connectivity index (χ1n) is 14.8. The topological polar surface area (TPSA) is 71.1 Å². The van der Waals surface area contributed by atoms with E-state index in [0.29, 0.717) is 12.8 Å². The predicted octanol–water partition coefficient (Wildman–Crippen LogP) is 7.32. The highest BCUT2D eigenvalue weighted by Gasteiger charge is 2.54. The molecule has 0 radical (unpaired) electrons. The van der Waals surface area contributed by atoms with E-state index in [4.69, 9.17) is 18.9 Å². The number of rotatable bonds is 20. The molecule has 6 heteroatoms. The van der Waals surface area contributed by atoms with Crippen LogP contribution in [-0.2, 0) is 35.0 Å². The monoisotopic (exact) mass is 518 g/mol. The van der Waals surface area contributed by atoms with E-state index in [1.807, 2.05) is 6.07 Å². The van der Waals surface area contributed by atoms with Gasteiger partial charge in [-0.2, -0.15) is 0 Å². The molecule has 0 unspecified atom stereocenters. The summed E-state index contributed by atoms with van der Waals surface area (Å²) in [5.74, 6) is -2.09. The largest absolute Gasteiger partial charge is 0.464 e. The standard InChI is InChI=1S/C31H50O6/c1-4-7-8-9-10-11-12-13-14-19-24-31(25-20-18-23-26-21-16-15-17-22-26)36-27(29(32)34-5-2)28(37-31)30(33)35-6-3/h15-17,21-22,27-28H,4-14,18-20,23-25H2,1-3H3/t27-,28-/m1/s1. The highest BCUT2D eigenvalue weighted by Crippen LogP contribution is 2.39. The molecule has 0 aliphatic carbocycles. The Morgan fingerprint density at radius 1 is 0.676 bits per heavy atom. The van der Waals surface area contributed by atoms with Gasteiger partial charge in [0.05, 0.1) is 13.2 Å². The minimum Gasteiger partial charge on any atom is -0.464 e. The lowest BCUT2D eigenvalue weighted by Crippen LogP contribution is -2.39. The van der Waals surface area contributed by atoms with Crippen LogP contribution >= 0.6 is 0 Å². The average molecular weight is 519 g/mol. The quantitative estimate of drug-likeness (QED) is 0.133. The van der Waals surface area contributed by atoms with Crippen LogP contribution in [0.25, 0.3) is 0 Å². The van der Waals surface area contributed by atoms with Crippen LogP contribution in [0.4, 0.5) is 0 Å². The summed E-state index contributed by atoms with van der Waals surface area (Å²) in [6.45, 7) is 6.17. The third kappa shape index (κ3) is 11.6. The third-order valence-corrected chi connectivity index (χ3v) is 7.02. The summed E-state index contributed by atoms with van der Waals surface area (Å²) in [6, 6.07) is 10.4. The van der Waals surface area contributed by atoms with Gasteiger partial charge >= 0.3 is 11.9 Å². The molecule has 2 atom stereocenters. The van der Waals surface area contributed by atoms with E-state index < -0.39 is 29.9 Å². The number of unbranched alkanes of at least 4 members (excludes halogenated alkanes) is 10. The number of carbonyl (C=O) groups is 2. The normalized spacial score (nSPS) is 18.6. The minimum atomic E-state index is -1.09. The van der Waals surface area contributed by atoms with Gasteiger partial charge in [0.2, 0.25) is 0 Å². The van der Waals surface area contributed by atoms with Crippen LogP contribution in [0.3, 0.4) is 0 Å². The molecule has 1 aliphatic heterocycles. The Bertz CT molecular complexity index is 723. The molecular weight excluding hydrogens is 468 g/mol. The van der Waals surface area contributed by atoms with Crippen molar-refractivity contribution in [3.63, 3.8) is 0 Å². The molecule has 37 heavy (non-hydrogen) atoms. The zero-order valence-electron chi connectivity index (χ0n) is 23.5. The van der Waals surface area contributed by atoms with Crippen LogP contribution in [0.1, 0.15) is 116 Å². The predicted molar refractivity (Wildman–Crippen MR) is 146 cm³/mol. The molecule has 6 nitrogen and oxygen atoms in total. The van der Waals surface area contributed by atoms with Crippen LogP contribution in [0, 0.1) is 0 Å². The minimum absolute atomic E-state index is 0.219. The Morgan fingerprint density at radius 2 is 1.14 bits per heavy atom. The van der Waals surface area contributed by atoms with Crippen molar-refractivity contribution in [2.45, 2.75) is 135 Å². The van der Waals surface area contributed by atoms with Gasteiger partial charge in [0.1, 0.15) is 0 Å². The highest BCUT2D eigenvalue weighted by atomic mass is 16.8. The van der Waals surface area contributed by atoms with E-state index in [0.717, 1.165) is 32.1 Å². The van der Waals surface area contributed by atoms with Crippen LogP contribution in [-0.4, -0.2) is 43.1 Å². The summed E-state index contributed by atoms with van der Waals surface area (Å²) >= 11 is 0. The van der Waals surface area contributed by atoms with E-state index in [1.54, 1.807) is 13.8 Å². The molecule has 1 aromatic rings. The van der Waals surface area contributed by atoms with Gasteiger partial charge in [-0.1, -0.05) is 95.0 Å². The van der Waals surface area contributed by atoms with Gasteiger partial charge in [0.25, 0.3) is 0 Å². The molecular formula is C31H50O6. The Balaban J connectivity index is 1.93. The zero-order valence-corrected chi connectivity index (χ0v) is 23.5. The van der Waals surface area contributed by atoms with E-state index in [2.05, 4.69) is 31.2 Å². The van der Waals surface area contributed by atoms with Crippen molar-refractivity contribution >= 4 is 11.9 Å². The Labute approximate surface area is 224 Å². The molecule has 1 heterocycles. The second-order valence-electron chi connectivity index (χ2n) is 10.1. The first-order valence-corrected chi connectivity index (χ1v) is 14.8. The second-order valence-corrected chi connectivity index (χ2v) is 10.1. The Morgan fingerprint density at radius 3 is 1.62 bits per heavy atom. The molecule has 1 aromatic carbocycles. The lowest BCUT2D eigenvalue weighted by Gasteiger charge is -2.28. The molecule has 0 amide bonds. The zero-order chi connectivity index (χ0) is 26.8. The number of aryl methyl sites for hydroxylation is 1. The fourth-order valence-corrected chi connectivity index (χ4v) is 5.02. The van der Waals surface area contributed by atoms with Crippen molar-refractivity contribution < 1.29 is 28.5 Å². The van der Waals surface area contributed by atoms with Gasteiger partial charge < -0.3 is 18.9 Å². The molecule has 0 N–H and O–H groups in total. The summed E-state index contributed by atoms with van der Waals surface area (Å²) in [5.41, 5.74) is 1.30. The maximum absolute atomic E-state index is 12.7. The molecule has 1 aliphatic rings. The number of benzene rings is 1. The molecule has 2 rings (SSSR count). The smallest absolute Gasteiger partial charge is 0.338 e. The number of ether oxygens (including phenoxy) is 4. The molecule has 1 saturated heterocycles. The second kappa shape index (κ2) is 18.4. The highest BCUT2D eigenvalue weighted by molar-refractivity contribution is 5.86. The summed E-state index contributed by atoms with van der Waals surface area (Å²) in [5, 5.41) is 0. The van der Waals surface area contributed by atoms with Crippen LogP contribution in [0.15, 0.2) is 30.3 Å². The lowest BCUT2D eigenvalue weighted by molar-refractivity contribution is -0.197. The van der Waals surface area contributed by atoms with E-state index in [1.165, 1.54) is 56.9 Å². The lowest BCUT2D eigenvalue weighted by atomic mass is 9.98. The maximum atomic E-state index is 12.7. The Kier molecular flexibility index (Phi) is 15.5. The SMILES string of the molecule is CCCCCCCCCCCCC1(CCCCc2ccccc2)O[C@@H](C(=O)OCC)[C@H](C(=O)OCC)O1. The molecule has 210 valence electrons. The number of esters is 2. The summed E-state index contributed by atoms with van der Waals surface area (Å²) in [6.07, 6.45) is 14.3. The number of hydrogen-bond acceptors (Lipinski definition) is 6. The third-order valence-electron chi connectivity index (χ3n) is 7.02. The summed E-state index contributed by atoms with van der Waals surface area (Å²) < 4.78 is 23.0. The molecule has 0 bridgehead atoms. The van der Waals surface area contributed by atoms with E-state index in [-0.39, 0.29) is 13.2 Å². The average Bonchev–Trinajstić information content (AvgIpc) is 3.29. The van der Waals surface area contributed by atoms with Gasteiger partial charge in [-0.05, 0) is 45.1 Å². The summed E-state index contributed by atoms with van der Waals surface area (Å²) in [7, 11) is 0. The first-order chi connectivity index (χ1) is 18.0. The van der Waals surface area contributed by atoms with Gasteiger partial charge in [-0.3, -0.25) is 0 Å². The van der Waals surface area contributed by atoms with Crippen LogP contribution in [0.5, 0.6) is 0 Å². The van der Waals surface area contributed by atoms with Crippen molar-refractivity contribution in [3.05, 3.63) is 35.9 Å². The fraction of sp³-hybridized carbons (Fsp3) is 0.742. The van der Waals surface area contributed by atoms with Crippen molar-refractivity contribution in [2.75, 3.05) is 13.2 Å². The van der Waals surface area contributed by atoms with Crippen molar-refractivity contribution in [1.29, 1.82) is 0 Å². The number of hydrogen-bond donors (Lipinski definition) is 0. The van der Waals surface area contributed by atoms with E-state index >= 15 is 0 Å². The summed E-state index contributed by atoms with van der Waals surface area (Å²) in [4.78, 5) is 25.3. The van der Waals surface area contributed by atoms with Crippen LogP contribution < -0.4 is 0 Å². The molecule has 0 spiro atoms. The molecule has 0 aromatic heterocycles. The molecule has 1 fully saturated rings. The van der Waals surface area contributed by atoms with E-state index in [9.17, 15) is 9.59 Å². The van der Waals surface area contributed by atoms with Gasteiger partial charge in [-0.25, -0.2) is 9.59 Å². The van der Waals surface area contributed by atoms with Crippen LogP contribution in [0.2, 0.25) is 0 Å². The van der Waals surface area contributed by atoms with Gasteiger partial charge in [0.15, 0.2) is 18.0 Å².